The zero-order valence-electron chi connectivity index (χ0n) is 9.53. The Morgan fingerprint density at radius 2 is 2.19 bits per heavy atom. The van der Waals surface area contributed by atoms with E-state index >= 15 is 0 Å². The van der Waals surface area contributed by atoms with Crippen molar-refractivity contribution < 1.29 is 14.1 Å². The van der Waals surface area contributed by atoms with E-state index in [1.54, 1.807) is 6.92 Å². The maximum absolute atomic E-state index is 11.6. The van der Waals surface area contributed by atoms with E-state index in [1.807, 2.05) is 26.0 Å². The van der Waals surface area contributed by atoms with Crippen LogP contribution in [0.5, 0.6) is 0 Å². The van der Waals surface area contributed by atoms with Crippen molar-refractivity contribution in [2.75, 3.05) is 6.61 Å². The molecule has 1 aromatic heterocycles. The molecule has 4 heteroatoms. The molecule has 4 nitrogen and oxygen atoms in total. The summed E-state index contributed by atoms with van der Waals surface area (Å²) < 4.78 is 9.95. The molecule has 84 valence electrons. The number of aryl methyl sites for hydroxylation is 2. The zero-order chi connectivity index (χ0) is 11.7. The monoisotopic (exact) mass is 219 g/mol. The SMILES string of the molecule is CCOC(=O)c1onc2cc(C)cc(C)c12. The van der Waals surface area contributed by atoms with E-state index in [0.29, 0.717) is 12.1 Å². The smallest absolute Gasteiger partial charge is 0.377 e. The molecule has 0 amide bonds. The summed E-state index contributed by atoms with van der Waals surface area (Å²) in [4.78, 5) is 11.6. The van der Waals surface area contributed by atoms with Gasteiger partial charge in [0.15, 0.2) is 0 Å². The molecule has 0 N–H and O–H groups in total. The van der Waals surface area contributed by atoms with E-state index in [4.69, 9.17) is 9.26 Å². The fourth-order valence-electron chi connectivity index (χ4n) is 1.79. The van der Waals surface area contributed by atoms with Gasteiger partial charge in [-0.15, -0.1) is 0 Å². The molecule has 0 aliphatic rings. The molecule has 2 rings (SSSR count). The first-order valence-corrected chi connectivity index (χ1v) is 5.17. The van der Waals surface area contributed by atoms with Crippen LogP contribution in [0.1, 0.15) is 28.6 Å². The molecule has 16 heavy (non-hydrogen) atoms. The second kappa shape index (κ2) is 3.96. The highest BCUT2D eigenvalue weighted by atomic mass is 16.6. The highest BCUT2D eigenvalue weighted by Crippen LogP contribution is 2.24. The van der Waals surface area contributed by atoms with Crippen LogP contribution in [0.4, 0.5) is 0 Å². The number of carbonyl (C=O) groups is 1. The molecule has 0 aliphatic heterocycles. The molecule has 0 radical (unpaired) electrons. The zero-order valence-corrected chi connectivity index (χ0v) is 9.53. The van der Waals surface area contributed by atoms with Crippen LogP contribution < -0.4 is 0 Å². The van der Waals surface area contributed by atoms with Gasteiger partial charge in [-0.25, -0.2) is 4.79 Å². The Hall–Kier alpha value is -1.84. The number of nitrogens with zero attached hydrogens (tertiary/aromatic N) is 1. The predicted octanol–water partition coefficient (Wildman–Crippen LogP) is 2.62. The van der Waals surface area contributed by atoms with Crippen molar-refractivity contribution in [2.24, 2.45) is 0 Å². The van der Waals surface area contributed by atoms with Crippen LogP contribution in [0.3, 0.4) is 0 Å². The van der Waals surface area contributed by atoms with Gasteiger partial charge >= 0.3 is 5.97 Å². The van der Waals surface area contributed by atoms with Crippen molar-refractivity contribution in [1.82, 2.24) is 5.16 Å². The van der Waals surface area contributed by atoms with Gasteiger partial charge in [-0.3, -0.25) is 0 Å². The van der Waals surface area contributed by atoms with Crippen LogP contribution in [0.15, 0.2) is 16.7 Å². The second-order valence-corrected chi connectivity index (χ2v) is 3.71. The van der Waals surface area contributed by atoms with Crippen molar-refractivity contribution in [3.63, 3.8) is 0 Å². The quantitative estimate of drug-likeness (QED) is 0.728. The first-order valence-electron chi connectivity index (χ1n) is 5.17. The van der Waals surface area contributed by atoms with Crippen molar-refractivity contribution >= 4 is 16.9 Å². The van der Waals surface area contributed by atoms with E-state index in [1.165, 1.54) is 0 Å². The number of carbonyl (C=O) groups excluding carboxylic acids is 1. The summed E-state index contributed by atoms with van der Waals surface area (Å²) in [7, 11) is 0. The summed E-state index contributed by atoms with van der Waals surface area (Å²) in [6, 6.07) is 3.87. The third-order valence-electron chi connectivity index (χ3n) is 2.38. The maximum atomic E-state index is 11.6. The minimum atomic E-state index is -0.461. The standard InChI is InChI=1S/C12H13NO3/c1-4-15-12(14)11-10-8(3)5-7(2)6-9(10)13-16-11/h5-6H,4H2,1-3H3. The Morgan fingerprint density at radius 1 is 1.44 bits per heavy atom. The number of esters is 1. The summed E-state index contributed by atoms with van der Waals surface area (Å²) in [5.41, 5.74) is 2.76. The topological polar surface area (TPSA) is 52.3 Å². The largest absolute Gasteiger partial charge is 0.460 e. The summed E-state index contributed by atoms with van der Waals surface area (Å²) in [5.74, 6) is -0.272. The lowest BCUT2D eigenvalue weighted by Crippen LogP contribution is -2.03. The van der Waals surface area contributed by atoms with Crippen LogP contribution in [0, 0.1) is 13.8 Å². The third kappa shape index (κ3) is 1.66. The predicted molar refractivity (Wildman–Crippen MR) is 59.4 cm³/mol. The third-order valence-corrected chi connectivity index (χ3v) is 2.38. The van der Waals surface area contributed by atoms with Crippen LogP contribution in [0.2, 0.25) is 0 Å². The molecule has 0 aliphatic carbocycles. The minimum absolute atomic E-state index is 0.189. The number of fused-ring (bicyclic) bond motifs is 1. The molecule has 1 aromatic carbocycles. The first-order chi connectivity index (χ1) is 7.63. The molecule has 0 fully saturated rings. The fourth-order valence-corrected chi connectivity index (χ4v) is 1.79. The number of aromatic nitrogens is 1. The number of rotatable bonds is 2. The Balaban J connectivity index is 2.60. The maximum Gasteiger partial charge on any atom is 0.377 e. The van der Waals surface area contributed by atoms with E-state index in [-0.39, 0.29) is 5.76 Å². The van der Waals surface area contributed by atoms with Crippen LogP contribution in [-0.2, 0) is 4.74 Å². The number of hydrogen-bond acceptors (Lipinski definition) is 4. The molecule has 0 atom stereocenters. The van der Waals surface area contributed by atoms with Gasteiger partial charge in [0.1, 0.15) is 5.52 Å². The van der Waals surface area contributed by atoms with Gasteiger partial charge in [0, 0.05) is 0 Å². The molecule has 1 heterocycles. The van der Waals surface area contributed by atoms with Gasteiger partial charge in [-0.2, -0.15) is 0 Å². The lowest BCUT2D eigenvalue weighted by Gasteiger charge is -2.00. The molecule has 0 spiro atoms. The van der Waals surface area contributed by atoms with Gasteiger partial charge in [0.05, 0.1) is 12.0 Å². The molecule has 2 aromatic rings. The highest BCUT2D eigenvalue weighted by Gasteiger charge is 2.19. The first kappa shape index (κ1) is 10.7. The van der Waals surface area contributed by atoms with E-state index in [9.17, 15) is 4.79 Å². The van der Waals surface area contributed by atoms with Crippen molar-refractivity contribution in [3.05, 3.63) is 29.0 Å². The number of ether oxygens (including phenoxy) is 1. The molecular formula is C12H13NO3. The van der Waals surface area contributed by atoms with Crippen molar-refractivity contribution in [3.8, 4) is 0 Å². The fraction of sp³-hybridized carbons (Fsp3) is 0.333. The van der Waals surface area contributed by atoms with Gasteiger partial charge in [0.25, 0.3) is 5.76 Å². The second-order valence-electron chi connectivity index (χ2n) is 3.71. The highest BCUT2D eigenvalue weighted by molar-refractivity contribution is 6.02. The lowest BCUT2D eigenvalue weighted by atomic mass is 10.1. The van der Waals surface area contributed by atoms with Gasteiger partial charge in [-0.05, 0) is 38.0 Å². The molecule has 0 unspecified atom stereocenters. The van der Waals surface area contributed by atoms with Gasteiger partial charge in [0.2, 0.25) is 0 Å². The average molecular weight is 219 g/mol. The van der Waals surface area contributed by atoms with Crippen LogP contribution in [-0.4, -0.2) is 17.7 Å². The summed E-state index contributed by atoms with van der Waals surface area (Å²) >= 11 is 0. The van der Waals surface area contributed by atoms with Crippen LogP contribution >= 0.6 is 0 Å². The summed E-state index contributed by atoms with van der Waals surface area (Å²) in [6.07, 6.45) is 0. The van der Waals surface area contributed by atoms with Crippen molar-refractivity contribution in [2.45, 2.75) is 20.8 Å². The molecule has 0 saturated carbocycles. The Morgan fingerprint density at radius 3 is 2.88 bits per heavy atom. The minimum Gasteiger partial charge on any atom is -0.460 e. The van der Waals surface area contributed by atoms with Gasteiger partial charge in [-0.1, -0.05) is 11.2 Å². The summed E-state index contributed by atoms with van der Waals surface area (Å²) in [5, 5.41) is 4.61. The molecule has 0 saturated heterocycles. The Kier molecular flexibility index (Phi) is 2.64. The van der Waals surface area contributed by atoms with Gasteiger partial charge < -0.3 is 9.26 Å². The van der Waals surface area contributed by atoms with Crippen LogP contribution in [0.25, 0.3) is 10.9 Å². The van der Waals surface area contributed by atoms with E-state index in [0.717, 1.165) is 16.5 Å². The normalized spacial score (nSPS) is 10.7. The number of hydrogen-bond donors (Lipinski definition) is 0. The Labute approximate surface area is 93.2 Å². The lowest BCUT2D eigenvalue weighted by molar-refractivity contribution is 0.0483. The molecular weight excluding hydrogens is 206 g/mol. The molecule has 0 bridgehead atoms. The Bertz CT molecular complexity index is 542. The van der Waals surface area contributed by atoms with E-state index < -0.39 is 5.97 Å². The summed E-state index contributed by atoms with van der Waals surface area (Å²) in [6.45, 7) is 5.99. The average Bonchev–Trinajstić information content (AvgIpc) is 2.61. The number of benzene rings is 1. The van der Waals surface area contributed by atoms with E-state index in [2.05, 4.69) is 5.16 Å². The van der Waals surface area contributed by atoms with Crippen molar-refractivity contribution in [1.29, 1.82) is 0 Å².